The summed E-state index contributed by atoms with van der Waals surface area (Å²) in [7, 11) is 0. The lowest BCUT2D eigenvalue weighted by Crippen LogP contribution is -2.51. The van der Waals surface area contributed by atoms with Crippen LogP contribution in [0.4, 0.5) is 11.4 Å². The maximum atomic E-state index is 13.7. The zero-order valence-electron chi connectivity index (χ0n) is 43.6. The van der Waals surface area contributed by atoms with E-state index in [9.17, 15) is 24.0 Å². The molecule has 0 unspecified atom stereocenters. The van der Waals surface area contributed by atoms with Gasteiger partial charge in [-0.05, 0) is 127 Å². The van der Waals surface area contributed by atoms with Gasteiger partial charge in [0.25, 0.3) is 22.9 Å². The second kappa shape index (κ2) is 22.4. The SMILES string of the molecule is Cc1cc(C)c(CNC(=O)c2cc(N3CCN(C(=O)C4CCNCC4)CC3)cc3c2cnn3C2CCCC2)c(=O)[nH]1.Cc1cc(C)c(CNC(=O)c2cc(N3CCNCC3)cc3c2cnn3C2CCCC2)c(=O)[nH]1. The van der Waals surface area contributed by atoms with Crippen molar-refractivity contribution >= 4 is 50.9 Å². The zero-order valence-corrected chi connectivity index (χ0v) is 43.6. The maximum absolute atomic E-state index is 13.7. The molecule has 74 heavy (non-hydrogen) atoms. The summed E-state index contributed by atoms with van der Waals surface area (Å²) in [6.45, 7) is 16.1. The highest BCUT2D eigenvalue weighted by molar-refractivity contribution is 6.08. The first kappa shape index (κ1) is 50.7. The molecule has 2 aromatic carbocycles. The molecule has 2 aliphatic carbocycles. The van der Waals surface area contributed by atoms with Gasteiger partial charge in [-0.3, -0.25) is 33.3 Å². The normalized spacial score (nSPS) is 18.0. The van der Waals surface area contributed by atoms with Crippen molar-refractivity contribution in [1.82, 2.24) is 55.7 Å². The number of aromatic amines is 2. The Labute approximate surface area is 432 Å². The fraction of sp³-hybridized carbons (Fsp3) is 0.518. The second-order valence-corrected chi connectivity index (χ2v) is 21.2. The van der Waals surface area contributed by atoms with E-state index in [2.05, 4.69) is 62.5 Å². The minimum atomic E-state index is -0.220. The summed E-state index contributed by atoms with van der Waals surface area (Å²) in [5, 5.41) is 23.9. The lowest BCUT2D eigenvalue weighted by atomic mass is 9.96. The van der Waals surface area contributed by atoms with Gasteiger partial charge in [0, 0.05) is 116 Å². The van der Waals surface area contributed by atoms with Crippen LogP contribution in [-0.2, 0) is 17.9 Å². The molecule has 7 heterocycles. The molecule has 5 aliphatic rings. The van der Waals surface area contributed by atoms with Crippen molar-refractivity contribution in [3.63, 3.8) is 0 Å². The number of hydrogen-bond donors (Lipinski definition) is 6. The van der Waals surface area contributed by atoms with Crippen molar-refractivity contribution in [2.24, 2.45) is 5.92 Å². The number of carbonyl (C=O) groups excluding carboxylic acids is 3. The Kier molecular flexibility index (Phi) is 15.3. The van der Waals surface area contributed by atoms with E-state index >= 15 is 0 Å². The number of piperidine rings is 1. The summed E-state index contributed by atoms with van der Waals surface area (Å²) in [4.78, 5) is 77.4. The van der Waals surface area contributed by atoms with Crippen molar-refractivity contribution in [3.05, 3.63) is 114 Å². The number of carbonyl (C=O) groups is 3. The summed E-state index contributed by atoms with van der Waals surface area (Å²) < 4.78 is 4.23. The lowest BCUT2D eigenvalue weighted by Gasteiger charge is -2.38. The van der Waals surface area contributed by atoms with Crippen molar-refractivity contribution in [2.75, 3.05) is 75.2 Å². The number of fused-ring (bicyclic) bond motifs is 2. The van der Waals surface area contributed by atoms with Crippen LogP contribution in [0.3, 0.4) is 0 Å². The molecule has 3 aliphatic heterocycles. The van der Waals surface area contributed by atoms with Crippen LogP contribution in [0.15, 0.2) is 58.4 Å². The molecule has 6 aromatic rings. The third-order valence-corrected chi connectivity index (χ3v) is 16.2. The zero-order chi connectivity index (χ0) is 51.5. The van der Waals surface area contributed by atoms with Gasteiger partial charge in [0.05, 0.1) is 46.6 Å². The molecule has 2 saturated carbocycles. The van der Waals surface area contributed by atoms with E-state index in [1.807, 2.05) is 69.3 Å². The first-order valence-electron chi connectivity index (χ1n) is 27.1. The fourth-order valence-corrected chi connectivity index (χ4v) is 12.0. The summed E-state index contributed by atoms with van der Waals surface area (Å²) in [5.41, 5.74) is 9.38. The van der Waals surface area contributed by atoms with Gasteiger partial charge in [0.15, 0.2) is 0 Å². The number of hydrogen-bond acceptors (Lipinski definition) is 11. The maximum Gasteiger partial charge on any atom is 0.253 e. The van der Waals surface area contributed by atoms with Crippen LogP contribution in [-0.4, -0.2) is 118 Å². The number of nitrogens with zero attached hydrogens (tertiary/aromatic N) is 7. The first-order chi connectivity index (χ1) is 35.9. The average molecular weight is 1010 g/mol. The Balaban J connectivity index is 0.000000173. The van der Waals surface area contributed by atoms with Crippen LogP contribution in [0.2, 0.25) is 0 Å². The van der Waals surface area contributed by atoms with Crippen molar-refractivity contribution < 1.29 is 14.4 Å². The molecule has 6 N–H and O–H groups in total. The predicted molar refractivity (Wildman–Crippen MR) is 289 cm³/mol. The molecule has 0 bridgehead atoms. The molecule has 3 amide bonds. The van der Waals surface area contributed by atoms with Gasteiger partial charge >= 0.3 is 0 Å². The second-order valence-electron chi connectivity index (χ2n) is 21.2. The summed E-state index contributed by atoms with van der Waals surface area (Å²) in [6.07, 6.45) is 14.7. The quantitative estimate of drug-likeness (QED) is 0.0910. The molecule has 18 heteroatoms. The van der Waals surface area contributed by atoms with Gasteiger partial charge in [0.2, 0.25) is 5.91 Å². The summed E-state index contributed by atoms with van der Waals surface area (Å²) >= 11 is 0. The van der Waals surface area contributed by atoms with E-state index in [0.29, 0.717) is 47.4 Å². The molecule has 5 fully saturated rings. The number of anilines is 2. The first-order valence-corrected chi connectivity index (χ1v) is 27.1. The third-order valence-electron chi connectivity index (χ3n) is 16.2. The molecular weight excluding hydrogens is 935 g/mol. The van der Waals surface area contributed by atoms with E-state index < -0.39 is 0 Å². The van der Waals surface area contributed by atoms with E-state index in [-0.39, 0.29) is 47.8 Å². The molecule has 392 valence electrons. The number of benzene rings is 2. The summed E-state index contributed by atoms with van der Waals surface area (Å²) in [6, 6.07) is 12.9. The molecule has 0 spiro atoms. The van der Waals surface area contributed by atoms with E-state index in [0.717, 1.165) is 147 Å². The van der Waals surface area contributed by atoms with Gasteiger partial charge < -0.3 is 45.9 Å². The highest BCUT2D eigenvalue weighted by Gasteiger charge is 2.31. The third kappa shape index (κ3) is 10.9. The van der Waals surface area contributed by atoms with Crippen LogP contribution in [0.1, 0.15) is 131 Å². The number of nitrogens with one attached hydrogen (secondary N) is 6. The smallest absolute Gasteiger partial charge is 0.253 e. The average Bonchev–Trinajstić information content (AvgIpc) is 4.27. The Morgan fingerprint density at radius 1 is 0.554 bits per heavy atom. The number of rotatable bonds is 11. The van der Waals surface area contributed by atoms with Gasteiger partial charge in [0.1, 0.15) is 0 Å². The standard InChI is InChI=1S/C31H41N7O3.C25H32N6O2/c1-20-15-21(2)35-30(40)26(20)18-33-29(39)25-16-24(17-28-27(25)19-34-38(28)23-5-3-4-6-23)36-11-13-37(14-12-36)31(41)22-7-9-32-10-8-22;1-16-11-17(2)29-25(33)21(16)14-27-24(32)20-12-19(30-9-7-26-8-10-30)13-23-22(20)15-28-31(23)18-5-3-4-6-18/h15-17,19,22-23,32H,3-14,18H2,1-2H3,(H,33,39)(H,35,40);11-13,15,18,26H,3-10,14H2,1-2H3,(H,27,32)(H,29,33). The fourth-order valence-electron chi connectivity index (χ4n) is 12.0. The Bertz CT molecular complexity index is 3140. The Morgan fingerprint density at radius 3 is 1.43 bits per heavy atom. The lowest BCUT2D eigenvalue weighted by molar-refractivity contribution is -0.136. The summed E-state index contributed by atoms with van der Waals surface area (Å²) in [5.74, 6) is 0.00577. The predicted octanol–water partition coefficient (Wildman–Crippen LogP) is 5.83. The molecule has 0 radical (unpaired) electrons. The monoisotopic (exact) mass is 1010 g/mol. The van der Waals surface area contributed by atoms with Crippen molar-refractivity contribution in [2.45, 2.75) is 117 Å². The Hall–Kier alpha value is -6.79. The molecule has 11 rings (SSSR count). The number of aromatic nitrogens is 6. The number of piperazine rings is 2. The van der Waals surface area contributed by atoms with E-state index in [1.54, 1.807) is 0 Å². The van der Waals surface area contributed by atoms with Crippen LogP contribution in [0.5, 0.6) is 0 Å². The van der Waals surface area contributed by atoms with Gasteiger partial charge in [-0.25, -0.2) is 0 Å². The van der Waals surface area contributed by atoms with E-state index in [1.165, 1.54) is 25.7 Å². The van der Waals surface area contributed by atoms with Gasteiger partial charge in [-0.15, -0.1) is 0 Å². The van der Waals surface area contributed by atoms with Crippen LogP contribution in [0.25, 0.3) is 21.8 Å². The van der Waals surface area contributed by atoms with Crippen LogP contribution < -0.4 is 42.2 Å². The van der Waals surface area contributed by atoms with E-state index in [4.69, 9.17) is 10.2 Å². The number of H-pyrrole nitrogens is 2. The minimum Gasteiger partial charge on any atom is -0.369 e. The molecular formula is C56H73N13O5. The van der Waals surface area contributed by atoms with Gasteiger partial charge in [-0.1, -0.05) is 25.7 Å². The van der Waals surface area contributed by atoms with Crippen molar-refractivity contribution in [1.29, 1.82) is 0 Å². The molecule has 3 saturated heterocycles. The van der Waals surface area contributed by atoms with Gasteiger partial charge in [-0.2, -0.15) is 10.2 Å². The number of aryl methyl sites for hydroxylation is 4. The topological polar surface area (TPSA) is 210 Å². The van der Waals surface area contributed by atoms with Crippen LogP contribution in [0, 0.1) is 33.6 Å². The molecule has 18 nitrogen and oxygen atoms in total. The molecule has 0 atom stereocenters. The minimum absolute atomic E-state index is 0.125. The van der Waals surface area contributed by atoms with Crippen LogP contribution >= 0.6 is 0 Å². The highest BCUT2D eigenvalue weighted by Crippen LogP contribution is 2.36. The molecule has 4 aromatic heterocycles. The highest BCUT2D eigenvalue weighted by atomic mass is 16.2. The van der Waals surface area contributed by atoms with Crippen molar-refractivity contribution in [3.8, 4) is 0 Å². The number of amides is 3. The largest absolute Gasteiger partial charge is 0.369 e. The Morgan fingerprint density at radius 2 is 0.986 bits per heavy atom. The number of pyridine rings is 2.